The Morgan fingerprint density at radius 3 is 2.93 bits per heavy atom. The number of guanidine groups is 1. The highest BCUT2D eigenvalue weighted by molar-refractivity contribution is 5.79. The van der Waals surface area contributed by atoms with E-state index in [1.54, 1.807) is 7.05 Å². The van der Waals surface area contributed by atoms with Crippen LogP contribution < -0.4 is 11.3 Å². The van der Waals surface area contributed by atoms with Crippen LogP contribution in [0.2, 0.25) is 0 Å². The van der Waals surface area contributed by atoms with Gasteiger partial charge in [0.2, 0.25) is 5.96 Å². The Morgan fingerprint density at radius 2 is 2.43 bits per heavy atom. The van der Waals surface area contributed by atoms with Crippen LogP contribution in [0.25, 0.3) is 0 Å². The Balaban J connectivity index is 2.64. The molecular weight excluding hydrogens is 184 g/mol. The molecule has 0 radical (unpaired) electrons. The summed E-state index contributed by atoms with van der Waals surface area (Å²) in [6.07, 6.45) is 1.43. The van der Waals surface area contributed by atoms with Gasteiger partial charge in [0.15, 0.2) is 0 Å². The fourth-order valence-electron chi connectivity index (χ4n) is 1.72. The van der Waals surface area contributed by atoms with E-state index in [1.807, 2.05) is 4.90 Å². The number of hydrazine groups is 1. The number of hydrogen-bond acceptors (Lipinski definition) is 4. The molecule has 6 nitrogen and oxygen atoms in total. The van der Waals surface area contributed by atoms with E-state index < -0.39 is 5.60 Å². The Labute approximate surface area is 83.4 Å². The number of rotatable bonds is 1. The molecule has 1 aliphatic rings. The molecule has 14 heavy (non-hydrogen) atoms. The number of aliphatic hydroxyl groups is 2. The lowest BCUT2D eigenvalue weighted by Gasteiger charge is -2.39. The molecule has 6 heteroatoms. The average molecular weight is 202 g/mol. The minimum atomic E-state index is -1.02. The summed E-state index contributed by atoms with van der Waals surface area (Å²) in [5.74, 6) is 5.82. The van der Waals surface area contributed by atoms with Crippen LogP contribution in [0.4, 0.5) is 0 Å². The molecule has 82 valence electrons. The van der Waals surface area contributed by atoms with Crippen molar-refractivity contribution in [2.45, 2.75) is 18.4 Å². The maximum Gasteiger partial charge on any atom is 0.208 e. The number of aliphatic hydroxyl groups excluding tert-OH is 1. The number of likely N-dealkylation sites (tertiary alicyclic amines) is 1. The van der Waals surface area contributed by atoms with Crippen molar-refractivity contribution in [1.82, 2.24) is 10.3 Å². The summed E-state index contributed by atoms with van der Waals surface area (Å²) in [4.78, 5) is 5.78. The monoisotopic (exact) mass is 202 g/mol. The van der Waals surface area contributed by atoms with Gasteiger partial charge in [-0.3, -0.25) is 10.4 Å². The van der Waals surface area contributed by atoms with Crippen molar-refractivity contribution in [2.24, 2.45) is 10.8 Å². The van der Waals surface area contributed by atoms with E-state index in [2.05, 4.69) is 10.4 Å². The largest absolute Gasteiger partial charge is 0.393 e. The number of hydrogen-bond donors (Lipinski definition) is 4. The Morgan fingerprint density at radius 1 is 1.71 bits per heavy atom. The first-order valence-electron chi connectivity index (χ1n) is 4.67. The van der Waals surface area contributed by atoms with Gasteiger partial charge in [-0.1, -0.05) is 0 Å². The molecule has 0 aromatic carbocycles. The van der Waals surface area contributed by atoms with Gasteiger partial charge < -0.3 is 15.1 Å². The highest BCUT2D eigenvalue weighted by atomic mass is 16.3. The molecule has 0 saturated carbocycles. The number of β-amino-alcohol motifs (C(OH)–C–C–N with tert-alkyl or cyclic N) is 1. The van der Waals surface area contributed by atoms with Gasteiger partial charge in [-0.15, -0.1) is 0 Å². The lowest BCUT2D eigenvalue weighted by molar-refractivity contribution is -0.0530. The normalized spacial score (nSPS) is 29.1. The summed E-state index contributed by atoms with van der Waals surface area (Å²) in [5.41, 5.74) is 1.44. The predicted molar refractivity (Wildman–Crippen MR) is 53.5 cm³/mol. The number of nitrogens with zero attached hydrogens (tertiary/aromatic N) is 2. The summed E-state index contributed by atoms with van der Waals surface area (Å²) in [7, 11) is 1.63. The van der Waals surface area contributed by atoms with Gasteiger partial charge in [0.1, 0.15) is 5.60 Å². The fourth-order valence-corrected chi connectivity index (χ4v) is 1.72. The molecule has 1 saturated heterocycles. The first-order valence-corrected chi connectivity index (χ1v) is 4.67. The molecule has 1 fully saturated rings. The molecule has 0 aromatic heterocycles. The molecular formula is C8H18N4O2. The van der Waals surface area contributed by atoms with Crippen molar-refractivity contribution in [1.29, 1.82) is 0 Å². The summed E-state index contributed by atoms with van der Waals surface area (Å²) < 4.78 is 0. The second-order valence-corrected chi connectivity index (χ2v) is 3.60. The number of aliphatic imine (C=N–C) groups is 1. The van der Waals surface area contributed by atoms with Crippen LogP contribution in [0.1, 0.15) is 12.8 Å². The molecule has 1 aliphatic heterocycles. The zero-order valence-corrected chi connectivity index (χ0v) is 8.40. The second-order valence-electron chi connectivity index (χ2n) is 3.60. The first-order chi connectivity index (χ1) is 6.65. The fraction of sp³-hybridized carbons (Fsp3) is 0.875. The molecule has 0 amide bonds. The van der Waals surface area contributed by atoms with Crippen molar-refractivity contribution in [3.05, 3.63) is 0 Å². The molecule has 1 rings (SSSR count). The van der Waals surface area contributed by atoms with E-state index >= 15 is 0 Å². The van der Waals surface area contributed by atoms with Gasteiger partial charge in [-0.05, 0) is 12.8 Å². The van der Waals surface area contributed by atoms with Crippen LogP contribution in [0, 0.1) is 0 Å². The molecule has 0 aliphatic carbocycles. The standard InChI is InChI=1S/C8H18N4O2/c1-10-7(11-9)12-4-2-3-8(14,5-12)6-13/h13-14H,2-6,9H2,1H3,(H,10,11). The lowest BCUT2D eigenvalue weighted by atomic mass is 9.94. The van der Waals surface area contributed by atoms with Crippen molar-refractivity contribution >= 4 is 5.96 Å². The SMILES string of the molecule is CN=C(NN)N1CCCC(O)(CO)C1. The third kappa shape index (κ3) is 2.34. The molecule has 1 unspecified atom stereocenters. The third-order valence-electron chi connectivity index (χ3n) is 2.49. The Kier molecular flexibility index (Phi) is 3.68. The lowest BCUT2D eigenvalue weighted by Crippen LogP contribution is -2.56. The molecule has 0 aromatic rings. The zero-order chi connectivity index (χ0) is 10.6. The smallest absolute Gasteiger partial charge is 0.208 e. The highest BCUT2D eigenvalue weighted by Crippen LogP contribution is 2.20. The minimum Gasteiger partial charge on any atom is -0.393 e. The number of nitrogens with two attached hydrogens (primary N) is 1. The molecule has 1 heterocycles. The van der Waals surface area contributed by atoms with Crippen LogP contribution in [-0.2, 0) is 0 Å². The third-order valence-corrected chi connectivity index (χ3v) is 2.49. The summed E-state index contributed by atoms with van der Waals surface area (Å²) in [5, 5.41) is 18.9. The van der Waals surface area contributed by atoms with Crippen LogP contribution in [0.3, 0.4) is 0 Å². The summed E-state index contributed by atoms with van der Waals surface area (Å²) >= 11 is 0. The van der Waals surface area contributed by atoms with Crippen LogP contribution >= 0.6 is 0 Å². The van der Waals surface area contributed by atoms with E-state index in [-0.39, 0.29) is 6.61 Å². The first kappa shape index (κ1) is 11.2. The van der Waals surface area contributed by atoms with Crippen LogP contribution in [-0.4, -0.2) is 53.4 Å². The van der Waals surface area contributed by atoms with Gasteiger partial charge >= 0.3 is 0 Å². The quantitative estimate of drug-likeness (QED) is 0.175. The molecule has 5 N–H and O–H groups in total. The number of nitrogens with one attached hydrogen (secondary N) is 1. The Bertz CT molecular complexity index is 221. The van der Waals surface area contributed by atoms with Gasteiger partial charge in [0.05, 0.1) is 13.2 Å². The van der Waals surface area contributed by atoms with Crippen LogP contribution in [0.15, 0.2) is 4.99 Å². The predicted octanol–water partition coefficient (Wildman–Crippen LogP) is -1.75. The van der Waals surface area contributed by atoms with E-state index in [0.717, 1.165) is 13.0 Å². The molecule has 0 spiro atoms. The highest BCUT2D eigenvalue weighted by Gasteiger charge is 2.33. The maximum absolute atomic E-state index is 9.88. The topological polar surface area (TPSA) is 94.1 Å². The second kappa shape index (κ2) is 4.59. The average Bonchev–Trinajstić information content (AvgIpc) is 2.20. The zero-order valence-electron chi connectivity index (χ0n) is 8.40. The maximum atomic E-state index is 9.88. The van der Waals surface area contributed by atoms with E-state index in [1.165, 1.54) is 0 Å². The molecule has 1 atom stereocenters. The van der Waals surface area contributed by atoms with Crippen molar-refractivity contribution in [3.63, 3.8) is 0 Å². The van der Waals surface area contributed by atoms with Crippen LogP contribution in [0.5, 0.6) is 0 Å². The van der Waals surface area contributed by atoms with Crippen molar-refractivity contribution < 1.29 is 10.2 Å². The van der Waals surface area contributed by atoms with Crippen molar-refractivity contribution in [2.75, 3.05) is 26.7 Å². The van der Waals surface area contributed by atoms with E-state index in [9.17, 15) is 5.11 Å². The number of piperidine rings is 1. The van der Waals surface area contributed by atoms with Gasteiger partial charge in [0, 0.05) is 13.6 Å². The van der Waals surface area contributed by atoms with Gasteiger partial charge in [0.25, 0.3) is 0 Å². The molecule has 0 bridgehead atoms. The van der Waals surface area contributed by atoms with E-state index in [4.69, 9.17) is 10.9 Å². The summed E-state index contributed by atoms with van der Waals surface area (Å²) in [6, 6.07) is 0. The van der Waals surface area contributed by atoms with Gasteiger partial charge in [-0.2, -0.15) is 0 Å². The van der Waals surface area contributed by atoms with E-state index in [0.29, 0.717) is 18.9 Å². The van der Waals surface area contributed by atoms with Crippen molar-refractivity contribution in [3.8, 4) is 0 Å². The Hall–Kier alpha value is -0.850. The minimum absolute atomic E-state index is 0.231. The van der Waals surface area contributed by atoms with Gasteiger partial charge in [-0.25, -0.2) is 5.84 Å². The summed E-state index contributed by atoms with van der Waals surface area (Å²) in [6.45, 7) is 0.921.